The van der Waals surface area contributed by atoms with E-state index in [1.807, 2.05) is 18.2 Å². The highest BCUT2D eigenvalue weighted by molar-refractivity contribution is 5.30. The normalized spacial score (nSPS) is 18.7. The topological polar surface area (TPSA) is 21.3 Å². The van der Waals surface area contributed by atoms with Gasteiger partial charge in [0.05, 0.1) is 0 Å². The Morgan fingerprint density at radius 2 is 1.44 bits per heavy atom. The van der Waals surface area contributed by atoms with Gasteiger partial charge in [-0.3, -0.25) is 0 Å². The summed E-state index contributed by atoms with van der Waals surface area (Å²) >= 11 is 0. The van der Waals surface area contributed by atoms with Gasteiger partial charge in [-0.2, -0.15) is 0 Å². The molecule has 0 heterocycles. The molecule has 126 valence electrons. The molecule has 0 spiro atoms. The van der Waals surface area contributed by atoms with Crippen LogP contribution in [0.15, 0.2) is 84.9 Å². The molecule has 2 nitrogen and oxygen atoms in total. The van der Waals surface area contributed by atoms with E-state index in [1.54, 1.807) is 0 Å². The molecular weight excluding hydrogens is 306 g/mol. The molecule has 25 heavy (non-hydrogen) atoms. The van der Waals surface area contributed by atoms with Crippen LogP contribution in [-0.2, 0) is 13.2 Å². The predicted octanol–water partition coefficient (Wildman–Crippen LogP) is 4.91. The summed E-state index contributed by atoms with van der Waals surface area (Å²) in [6.07, 6.45) is 1.24. The van der Waals surface area contributed by atoms with Crippen LogP contribution in [0.1, 0.15) is 29.0 Å². The summed E-state index contributed by atoms with van der Waals surface area (Å²) < 4.78 is 5.84. The Balaban J connectivity index is 1.24. The first-order chi connectivity index (χ1) is 12.4. The van der Waals surface area contributed by atoms with Crippen molar-refractivity contribution in [2.45, 2.75) is 31.5 Å². The monoisotopic (exact) mass is 329 g/mol. The Labute approximate surface area is 149 Å². The summed E-state index contributed by atoms with van der Waals surface area (Å²) in [4.78, 5) is 0. The fraction of sp³-hybridized carbons (Fsp3) is 0.217. The molecule has 1 saturated carbocycles. The second kappa shape index (κ2) is 7.54. The molecule has 0 radical (unpaired) electrons. The Morgan fingerprint density at radius 3 is 2.16 bits per heavy atom. The molecule has 1 fully saturated rings. The van der Waals surface area contributed by atoms with Crippen molar-refractivity contribution in [3.63, 3.8) is 0 Å². The van der Waals surface area contributed by atoms with Crippen LogP contribution in [0.3, 0.4) is 0 Å². The summed E-state index contributed by atoms with van der Waals surface area (Å²) in [5.74, 6) is 1.59. The Morgan fingerprint density at radius 1 is 0.760 bits per heavy atom. The van der Waals surface area contributed by atoms with E-state index < -0.39 is 0 Å². The number of benzene rings is 3. The number of hydrogen-bond acceptors (Lipinski definition) is 2. The molecule has 0 saturated heterocycles. The SMILES string of the molecule is c1ccc(COc2ccc(CN[C@H]3CC3c3ccccc3)cc2)cc1. The third-order valence-electron chi connectivity index (χ3n) is 4.76. The number of hydrogen-bond donors (Lipinski definition) is 1. The molecule has 0 aliphatic heterocycles. The quantitative estimate of drug-likeness (QED) is 0.665. The first-order valence-corrected chi connectivity index (χ1v) is 8.92. The Hall–Kier alpha value is -2.58. The van der Waals surface area contributed by atoms with E-state index in [2.05, 4.69) is 72.0 Å². The van der Waals surface area contributed by atoms with Gasteiger partial charge in [-0.1, -0.05) is 72.8 Å². The van der Waals surface area contributed by atoms with Gasteiger partial charge in [-0.15, -0.1) is 0 Å². The molecule has 1 N–H and O–H groups in total. The first kappa shape index (κ1) is 15.9. The Bertz CT molecular complexity index is 783. The molecule has 0 amide bonds. The first-order valence-electron chi connectivity index (χ1n) is 8.92. The van der Waals surface area contributed by atoms with E-state index in [0.717, 1.165) is 12.3 Å². The molecule has 0 bridgehead atoms. The van der Waals surface area contributed by atoms with Crippen LogP contribution < -0.4 is 10.1 Å². The van der Waals surface area contributed by atoms with Crippen LogP contribution in [0.4, 0.5) is 0 Å². The number of nitrogens with one attached hydrogen (secondary N) is 1. The molecule has 3 aromatic rings. The van der Waals surface area contributed by atoms with E-state index in [0.29, 0.717) is 18.6 Å². The van der Waals surface area contributed by atoms with Crippen molar-refractivity contribution in [1.82, 2.24) is 5.32 Å². The van der Waals surface area contributed by atoms with E-state index in [1.165, 1.54) is 23.1 Å². The lowest BCUT2D eigenvalue weighted by Gasteiger charge is -2.08. The molecule has 2 atom stereocenters. The second-order valence-corrected chi connectivity index (χ2v) is 6.66. The zero-order valence-corrected chi connectivity index (χ0v) is 14.3. The lowest BCUT2D eigenvalue weighted by Crippen LogP contribution is -2.17. The Kier molecular flexibility index (Phi) is 4.80. The molecule has 3 aromatic carbocycles. The highest BCUT2D eigenvalue weighted by Gasteiger charge is 2.37. The molecule has 1 aliphatic carbocycles. The maximum atomic E-state index is 5.84. The average Bonchev–Trinajstić information content (AvgIpc) is 3.47. The zero-order valence-electron chi connectivity index (χ0n) is 14.3. The van der Waals surface area contributed by atoms with Crippen molar-refractivity contribution < 1.29 is 4.74 Å². The summed E-state index contributed by atoms with van der Waals surface area (Å²) in [5.41, 5.74) is 3.93. The van der Waals surface area contributed by atoms with Crippen molar-refractivity contribution >= 4 is 0 Å². The third-order valence-corrected chi connectivity index (χ3v) is 4.76. The predicted molar refractivity (Wildman–Crippen MR) is 102 cm³/mol. The highest BCUT2D eigenvalue weighted by Crippen LogP contribution is 2.40. The summed E-state index contributed by atoms with van der Waals surface area (Å²) in [6.45, 7) is 1.52. The fourth-order valence-corrected chi connectivity index (χ4v) is 3.18. The summed E-state index contributed by atoms with van der Waals surface area (Å²) in [5, 5.41) is 3.66. The summed E-state index contributed by atoms with van der Waals surface area (Å²) in [7, 11) is 0. The molecule has 0 aromatic heterocycles. The van der Waals surface area contributed by atoms with Crippen molar-refractivity contribution in [2.75, 3.05) is 0 Å². The fourth-order valence-electron chi connectivity index (χ4n) is 3.18. The molecule has 1 aliphatic rings. The standard InChI is InChI=1S/C23H23NO/c1-3-7-19(8-4-1)17-25-21-13-11-18(12-14-21)16-24-23-15-22(23)20-9-5-2-6-10-20/h1-14,22-24H,15-17H2/t22?,23-/m0/s1. The van der Waals surface area contributed by atoms with Crippen LogP contribution in [-0.4, -0.2) is 6.04 Å². The lowest BCUT2D eigenvalue weighted by molar-refractivity contribution is 0.306. The van der Waals surface area contributed by atoms with Crippen molar-refractivity contribution in [2.24, 2.45) is 0 Å². The van der Waals surface area contributed by atoms with Crippen molar-refractivity contribution in [3.8, 4) is 5.75 Å². The van der Waals surface area contributed by atoms with Gasteiger partial charge in [0.1, 0.15) is 12.4 Å². The minimum Gasteiger partial charge on any atom is -0.489 e. The van der Waals surface area contributed by atoms with Crippen LogP contribution in [0.25, 0.3) is 0 Å². The van der Waals surface area contributed by atoms with Gasteiger partial charge in [-0.25, -0.2) is 0 Å². The smallest absolute Gasteiger partial charge is 0.119 e. The van der Waals surface area contributed by atoms with Crippen LogP contribution in [0.5, 0.6) is 5.75 Å². The molecule has 1 unspecified atom stereocenters. The zero-order chi connectivity index (χ0) is 16.9. The molecule has 4 rings (SSSR count). The molecule has 2 heteroatoms. The minimum atomic E-state index is 0.608. The second-order valence-electron chi connectivity index (χ2n) is 6.66. The maximum Gasteiger partial charge on any atom is 0.119 e. The van der Waals surface area contributed by atoms with Gasteiger partial charge in [0.2, 0.25) is 0 Å². The summed E-state index contributed by atoms with van der Waals surface area (Å²) in [6, 6.07) is 30.0. The minimum absolute atomic E-state index is 0.608. The van der Waals surface area contributed by atoms with Crippen molar-refractivity contribution in [1.29, 1.82) is 0 Å². The van der Waals surface area contributed by atoms with E-state index in [4.69, 9.17) is 4.74 Å². The molecular formula is C23H23NO. The largest absolute Gasteiger partial charge is 0.489 e. The van der Waals surface area contributed by atoms with E-state index in [-0.39, 0.29) is 0 Å². The third kappa shape index (κ3) is 4.28. The lowest BCUT2D eigenvalue weighted by atomic mass is 10.1. The van der Waals surface area contributed by atoms with Gasteiger partial charge in [0.25, 0.3) is 0 Å². The van der Waals surface area contributed by atoms with Crippen LogP contribution in [0.2, 0.25) is 0 Å². The number of rotatable bonds is 7. The van der Waals surface area contributed by atoms with Crippen molar-refractivity contribution in [3.05, 3.63) is 102 Å². The maximum absolute atomic E-state index is 5.84. The average molecular weight is 329 g/mol. The van der Waals surface area contributed by atoms with Gasteiger partial charge < -0.3 is 10.1 Å². The highest BCUT2D eigenvalue weighted by atomic mass is 16.5. The van der Waals surface area contributed by atoms with Crippen LogP contribution in [0, 0.1) is 0 Å². The van der Waals surface area contributed by atoms with E-state index in [9.17, 15) is 0 Å². The van der Waals surface area contributed by atoms with Gasteiger partial charge in [0.15, 0.2) is 0 Å². The van der Waals surface area contributed by atoms with Gasteiger partial charge in [-0.05, 0) is 35.2 Å². The number of ether oxygens (including phenoxy) is 1. The van der Waals surface area contributed by atoms with Gasteiger partial charge in [0, 0.05) is 18.5 Å². The van der Waals surface area contributed by atoms with E-state index >= 15 is 0 Å². The van der Waals surface area contributed by atoms with Crippen LogP contribution >= 0.6 is 0 Å². The van der Waals surface area contributed by atoms with Gasteiger partial charge >= 0.3 is 0 Å².